The van der Waals surface area contributed by atoms with Crippen LogP contribution in [-0.2, 0) is 0 Å². The molecule has 0 aliphatic rings. The number of aldehydes is 1. The molecule has 0 saturated carbocycles. The van der Waals surface area contributed by atoms with E-state index in [1.807, 2.05) is 29.7 Å². The Kier molecular flexibility index (Phi) is 2.83. The third-order valence-electron chi connectivity index (χ3n) is 2.16. The number of carbonyl (C=O) groups is 1. The standard InChI is InChI=1S/C9H8IN2OP/c1-6-2-7-4-11-12(14-10)9(7)3-8(6)5-13/h2-5,14H,1H3. The van der Waals surface area contributed by atoms with Crippen molar-refractivity contribution in [1.82, 2.24) is 9.55 Å². The Bertz CT molecular complexity index is 495. The Morgan fingerprint density at radius 3 is 3.00 bits per heavy atom. The SMILES string of the molecule is Cc1cc2cnn(PI)c2cc1C=O. The number of hydrogen-bond acceptors (Lipinski definition) is 2. The average Bonchev–Trinajstić information content (AvgIpc) is 2.58. The van der Waals surface area contributed by atoms with Gasteiger partial charge in [-0.15, -0.1) is 0 Å². The molecule has 0 spiro atoms. The Hall–Kier alpha value is -0.480. The third-order valence-corrected chi connectivity index (χ3v) is 4.05. The lowest BCUT2D eigenvalue weighted by atomic mass is 10.1. The van der Waals surface area contributed by atoms with E-state index in [2.05, 4.69) is 27.1 Å². The second kappa shape index (κ2) is 3.95. The summed E-state index contributed by atoms with van der Waals surface area (Å²) in [5.41, 5.74) is 2.78. The second-order valence-corrected chi connectivity index (χ2v) is 5.07. The van der Waals surface area contributed by atoms with Crippen molar-refractivity contribution in [2.24, 2.45) is 0 Å². The summed E-state index contributed by atoms with van der Waals surface area (Å²) in [5.74, 6) is 0. The number of nitrogens with zero attached hydrogens (tertiary/aromatic N) is 2. The highest BCUT2D eigenvalue weighted by Gasteiger charge is 2.05. The van der Waals surface area contributed by atoms with E-state index >= 15 is 0 Å². The molecule has 1 atom stereocenters. The minimum Gasteiger partial charge on any atom is -0.298 e. The molecule has 5 heteroatoms. The first-order valence-electron chi connectivity index (χ1n) is 4.06. The number of halogens is 1. The molecule has 72 valence electrons. The summed E-state index contributed by atoms with van der Waals surface area (Å²) in [6.45, 7) is 1.94. The van der Waals surface area contributed by atoms with Crippen LogP contribution in [-0.4, -0.2) is 15.8 Å². The Labute approximate surface area is 96.2 Å². The first-order valence-corrected chi connectivity index (χ1v) is 8.12. The van der Waals surface area contributed by atoms with Crippen LogP contribution in [0.25, 0.3) is 10.9 Å². The summed E-state index contributed by atoms with van der Waals surface area (Å²) < 4.78 is 1.91. The van der Waals surface area contributed by atoms with Crippen molar-refractivity contribution in [3.05, 3.63) is 29.5 Å². The first-order chi connectivity index (χ1) is 6.76. The minimum absolute atomic E-state index is 0.562. The largest absolute Gasteiger partial charge is 0.298 e. The van der Waals surface area contributed by atoms with E-state index in [-0.39, 0.29) is 0 Å². The molecule has 0 amide bonds. The van der Waals surface area contributed by atoms with E-state index in [0.717, 1.165) is 28.3 Å². The van der Waals surface area contributed by atoms with E-state index in [9.17, 15) is 4.79 Å². The second-order valence-electron chi connectivity index (χ2n) is 3.03. The summed E-state index contributed by atoms with van der Waals surface area (Å²) in [6, 6.07) is 3.90. The van der Waals surface area contributed by atoms with Crippen molar-refractivity contribution in [2.45, 2.75) is 6.92 Å². The summed E-state index contributed by atoms with van der Waals surface area (Å²) in [4.78, 5) is 10.8. The Balaban J connectivity index is 2.76. The fourth-order valence-electron chi connectivity index (χ4n) is 1.40. The highest BCUT2D eigenvalue weighted by molar-refractivity contribution is 14.2. The Morgan fingerprint density at radius 1 is 1.57 bits per heavy atom. The molecular weight excluding hydrogens is 310 g/mol. The van der Waals surface area contributed by atoms with Crippen molar-refractivity contribution in [1.29, 1.82) is 0 Å². The van der Waals surface area contributed by atoms with Gasteiger partial charge in [0.2, 0.25) is 0 Å². The molecule has 2 aromatic rings. The van der Waals surface area contributed by atoms with E-state index in [1.165, 1.54) is 0 Å². The Morgan fingerprint density at radius 2 is 2.36 bits per heavy atom. The van der Waals surface area contributed by atoms with Crippen LogP contribution in [0.1, 0.15) is 15.9 Å². The van der Waals surface area contributed by atoms with Crippen molar-refractivity contribution >= 4 is 45.6 Å². The van der Waals surface area contributed by atoms with Gasteiger partial charge in [-0.25, -0.2) is 4.45 Å². The predicted octanol–water partition coefficient (Wildman–Crippen LogP) is 2.95. The molecule has 0 saturated heterocycles. The highest BCUT2D eigenvalue weighted by Crippen LogP contribution is 2.29. The van der Waals surface area contributed by atoms with Gasteiger partial charge in [-0.2, -0.15) is 5.10 Å². The van der Waals surface area contributed by atoms with Crippen molar-refractivity contribution in [3.63, 3.8) is 0 Å². The van der Waals surface area contributed by atoms with Crippen LogP contribution in [0.15, 0.2) is 18.3 Å². The van der Waals surface area contributed by atoms with Crippen LogP contribution >= 0.6 is 28.4 Å². The molecule has 0 fully saturated rings. The number of fused-ring (bicyclic) bond motifs is 1. The molecule has 0 bridgehead atoms. The van der Waals surface area contributed by atoms with Crippen molar-refractivity contribution in [3.8, 4) is 0 Å². The van der Waals surface area contributed by atoms with E-state index in [0.29, 0.717) is 6.37 Å². The van der Waals surface area contributed by atoms with E-state index in [4.69, 9.17) is 0 Å². The maximum absolute atomic E-state index is 10.8. The molecule has 0 N–H and O–H groups in total. The van der Waals surface area contributed by atoms with Crippen molar-refractivity contribution < 1.29 is 4.79 Å². The molecule has 2 rings (SSSR count). The summed E-state index contributed by atoms with van der Waals surface area (Å²) in [7, 11) is 0. The van der Waals surface area contributed by atoms with Crippen LogP contribution in [0.5, 0.6) is 0 Å². The van der Waals surface area contributed by atoms with Gasteiger partial charge in [0.25, 0.3) is 0 Å². The lowest BCUT2D eigenvalue weighted by Crippen LogP contribution is -1.88. The quantitative estimate of drug-likeness (QED) is 0.485. The maximum atomic E-state index is 10.8. The fraction of sp³-hybridized carbons (Fsp3) is 0.111. The number of benzene rings is 1. The lowest BCUT2D eigenvalue weighted by Gasteiger charge is -2.00. The number of hydrogen-bond donors (Lipinski definition) is 0. The van der Waals surface area contributed by atoms with Crippen LogP contribution in [0.2, 0.25) is 0 Å². The minimum atomic E-state index is 0.562. The molecule has 1 aromatic heterocycles. The lowest BCUT2D eigenvalue weighted by molar-refractivity contribution is 0.112. The predicted molar refractivity (Wildman–Crippen MR) is 67.6 cm³/mol. The monoisotopic (exact) mass is 318 g/mol. The number of aromatic nitrogens is 2. The van der Waals surface area contributed by atoms with Gasteiger partial charge in [-0.05, 0) is 46.7 Å². The van der Waals surface area contributed by atoms with Crippen LogP contribution in [0.4, 0.5) is 0 Å². The molecule has 0 aliphatic carbocycles. The van der Waals surface area contributed by atoms with Gasteiger partial charge in [0.1, 0.15) is 6.29 Å². The first kappa shape index (κ1) is 10.1. The molecule has 0 radical (unpaired) electrons. The molecule has 14 heavy (non-hydrogen) atoms. The number of aryl methyl sites for hydroxylation is 1. The summed E-state index contributed by atoms with van der Waals surface area (Å²) >= 11 is 2.27. The molecular formula is C9H8IN2OP. The highest BCUT2D eigenvalue weighted by atomic mass is 127. The summed E-state index contributed by atoms with van der Waals surface area (Å²) in [5, 5.41) is 5.33. The summed E-state index contributed by atoms with van der Waals surface area (Å²) in [6.07, 6.45) is 3.29. The molecule has 1 heterocycles. The van der Waals surface area contributed by atoms with Crippen LogP contribution in [0, 0.1) is 6.92 Å². The zero-order valence-corrected chi connectivity index (χ0v) is 10.6. The molecule has 1 aromatic carbocycles. The zero-order valence-electron chi connectivity index (χ0n) is 7.49. The van der Waals surface area contributed by atoms with Gasteiger partial charge in [-0.3, -0.25) is 4.79 Å². The smallest absolute Gasteiger partial charge is 0.150 e. The number of carbonyl (C=O) groups excluding carboxylic acids is 1. The van der Waals surface area contributed by atoms with Gasteiger partial charge < -0.3 is 0 Å². The maximum Gasteiger partial charge on any atom is 0.150 e. The van der Waals surface area contributed by atoms with E-state index in [1.54, 1.807) is 0 Å². The van der Waals surface area contributed by atoms with Crippen LogP contribution in [0.3, 0.4) is 0 Å². The van der Waals surface area contributed by atoms with Gasteiger partial charge >= 0.3 is 0 Å². The average molecular weight is 318 g/mol. The topological polar surface area (TPSA) is 34.9 Å². The third kappa shape index (κ3) is 1.57. The van der Waals surface area contributed by atoms with Gasteiger partial charge in [0, 0.05) is 10.9 Å². The fourth-order valence-corrected chi connectivity index (χ4v) is 2.94. The number of rotatable bonds is 2. The molecule has 0 aliphatic heterocycles. The van der Waals surface area contributed by atoms with Crippen molar-refractivity contribution in [2.75, 3.05) is 0 Å². The molecule has 1 unspecified atom stereocenters. The van der Waals surface area contributed by atoms with Gasteiger partial charge in [-0.1, -0.05) is 0 Å². The van der Waals surface area contributed by atoms with Crippen LogP contribution < -0.4 is 0 Å². The normalized spacial score (nSPS) is 11.6. The van der Waals surface area contributed by atoms with E-state index < -0.39 is 0 Å². The van der Waals surface area contributed by atoms with Gasteiger partial charge in [0.15, 0.2) is 0 Å². The van der Waals surface area contributed by atoms with Gasteiger partial charge in [0.05, 0.1) is 18.1 Å². The zero-order chi connectivity index (χ0) is 10.1. The molecule has 3 nitrogen and oxygen atoms in total.